The van der Waals surface area contributed by atoms with Crippen molar-refractivity contribution in [2.24, 2.45) is 0 Å². The number of H-pyrrole nitrogens is 2. The molecule has 0 radical (unpaired) electrons. The SMILES string of the molecule is Cc1n[nH]cc1-c1cnc2[nH]cc(-c3cnn(CCc4ccccc4C(F)(F)F)c3)c2n1. The minimum Gasteiger partial charge on any atom is -0.344 e. The number of benzene rings is 1. The topological polar surface area (TPSA) is 88.1 Å². The van der Waals surface area contributed by atoms with Gasteiger partial charge < -0.3 is 4.98 Å². The molecule has 32 heavy (non-hydrogen) atoms. The maximum Gasteiger partial charge on any atom is 0.416 e. The summed E-state index contributed by atoms with van der Waals surface area (Å²) in [6.07, 6.45) is 4.58. The van der Waals surface area contributed by atoms with Crippen molar-refractivity contribution in [3.63, 3.8) is 0 Å². The van der Waals surface area contributed by atoms with Gasteiger partial charge in [0, 0.05) is 41.8 Å². The summed E-state index contributed by atoms with van der Waals surface area (Å²) in [5, 5.41) is 11.3. The molecule has 0 unspecified atom stereocenters. The molecule has 0 aliphatic heterocycles. The molecule has 1 aromatic carbocycles. The van der Waals surface area contributed by atoms with E-state index in [1.165, 1.54) is 12.1 Å². The molecule has 2 N–H and O–H groups in total. The summed E-state index contributed by atoms with van der Waals surface area (Å²) in [7, 11) is 0. The maximum absolute atomic E-state index is 13.2. The molecule has 5 rings (SSSR count). The zero-order valence-electron chi connectivity index (χ0n) is 17.0. The zero-order valence-corrected chi connectivity index (χ0v) is 17.0. The van der Waals surface area contributed by atoms with Gasteiger partial charge in [-0.3, -0.25) is 9.78 Å². The number of hydrogen-bond acceptors (Lipinski definition) is 4. The van der Waals surface area contributed by atoms with Crippen molar-refractivity contribution in [3.05, 3.63) is 72.1 Å². The van der Waals surface area contributed by atoms with Crippen LogP contribution in [0.2, 0.25) is 0 Å². The van der Waals surface area contributed by atoms with Crippen LogP contribution in [0.5, 0.6) is 0 Å². The molecule has 0 bridgehead atoms. The number of aryl methyl sites for hydroxylation is 3. The molecule has 0 saturated heterocycles. The summed E-state index contributed by atoms with van der Waals surface area (Å²) >= 11 is 0. The minimum absolute atomic E-state index is 0.217. The lowest BCUT2D eigenvalue weighted by Crippen LogP contribution is -2.11. The average molecular weight is 437 g/mol. The molecule has 0 atom stereocenters. The molecule has 0 fully saturated rings. The summed E-state index contributed by atoms with van der Waals surface area (Å²) in [5.74, 6) is 0. The number of halogens is 3. The molecule has 0 amide bonds. The number of nitrogens with one attached hydrogen (secondary N) is 2. The molecule has 0 spiro atoms. The number of hydrogen-bond donors (Lipinski definition) is 2. The average Bonchev–Trinajstić information content (AvgIpc) is 3.50. The largest absolute Gasteiger partial charge is 0.416 e. The number of aromatic nitrogens is 7. The van der Waals surface area contributed by atoms with Gasteiger partial charge in [-0.2, -0.15) is 23.4 Å². The van der Waals surface area contributed by atoms with Crippen LogP contribution in [0.4, 0.5) is 13.2 Å². The summed E-state index contributed by atoms with van der Waals surface area (Å²) in [5.41, 5.74) is 4.96. The van der Waals surface area contributed by atoms with Crippen LogP contribution in [0.15, 0.2) is 55.2 Å². The third-order valence-electron chi connectivity index (χ3n) is 5.36. The monoisotopic (exact) mass is 437 g/mol. The van der Waals surface area contributed by atoms with Gasteiger partial charge in [0.15, 0.2) is 5.65 Å². The number of aromatic amines is 2. The van der Waals surface area contributed by atoms with E-state index in [2.05, 4.69) is 25.3 Å². The Bertz CT molecular complexity index is 1390. The van der Waals surface area contributed by atoms with Gasteiger partial charge in [0.2, 0.25) is 0 Å². The van der Waals surface area contributed by atoms with Gasteiger partial charge in [-0.15, -0.1) is 0 Å². The van der Waals surface area contributed by atoms with Gasteiger partial charge in [-0.05, 0) is 25.0 Å². The summed E-state index contributed by atoms with van der Waals surface area (Å²) in [6, 6.07) is 5.62. The molecular weight excluding hydrogens is 419 g/mol. The predicted octanol–water partition coefficient (Wildman–Crippen LogP) is 4.78. The van der Waals surface area contributed by atoms with Gasteiger partial charge in [-0.25, -0.2) is 9.97 Å². The van der Waals surface area contributed by atoms with E-state index in [0.29, 0.717) is 23.4 Å². The third kappa shape index (κ3) is 3.64. The quantitative estimate of drug-likeness (QED) is 0.414. The van der Waals surface area contributed by atoms with E-state index in [1.807, 2.05) is 6.92 Å². The standard InChI is InChI=1S/C22H18F3N7/c1-13-16(10-28-31-13)19-11-27-21-20(30-19)17(9-26-21)15-8-29-32(12-15)7-6-14-4-2-3-5-18(14)22(23,24)25/h2-5,8-12H,6-7H2,1H3,(H,26,27)(H,28,31). The molecule has 0 aliphatic rings. The van der Waals surface area contributed by atoms with Crippen LogP contribution in [0.3, 0.4) is 0 Å². The van der Waals surface area contributed by atoms with Gasteiger partial charge in [0.1, 0.15) is 5.52 Å². The first-order valence-electron chi connectivity index (χ1n) is 9.93. The van der Waals surface area contributed by atoms with E-state index in [-0.39, 0.29) is 12.0 Å². The van der Waals surface area contributed by atoms with Crippen molar-refractivity contribution in [1.29, 1.82) is 0 Å². The lowest BCUT2D eigenvalue weighted by molar-refractivity contribution is -0.138. The van der Waals surface area contributed by atoms with Gasteiger partial charge in [-0.1, -0.05) is 18.2 Å². The highest BCUT2D eigenvalue weighted by Crippen LogP contribution is 2.32. The van der Waals surface area contributed by atoms with Crippen LogP contribution in [0, 0.1) is 6.92 Å². The van der Waals surface area contributed by atoms with Crippen LogP contribution >= 0.6 is 0 Å². The van der Waals surface area contributed by atoms with Crippen LogP contribution in [0.25, 0.3) is 33.5 Å². The first kappa shape index (κ1) is 20.0. The molecule has 162 valence electrons. The Labute approximate surface area is 180 Å². The normalized spacial score (nSPS) is 12.0. The molecule has 4 heterocycles. The Morgan fingerprint density at radius 2 is 1.91 bits per heavy atom. The van der Waals surface area contributed by atoms with Crippen molar-refractivity contribution >= 4 is 11.2 Å². The number of fused-ring (bicyclic) bond motifs is 1. The fourth-order valence-electron chi connectivity index (χ4n) is 3.73. The highest BCUT2D eigenvalue weighted by molar-refractivity contribution is 5.91. The van der Waals surface area contributed by atoms with Gasteiger partial charge in [0.25, 0.3) is 0 Å². The molecule has 7 nitrogen and oxygen atoms in total. The summed E-state index contributed by atoms with van der Waals surface area (Å²) in [4.78, 5) is 12.3. The predicted molar refractivity (Wildman–Crippen MR) is 113 cm³/mol. The zero-order chi connectivity index (χ0) is 22.3. The second-order valence-electron chi connectivity index (χ2n) is 7.44. The lowest BCUT2D eigenvalue weighted by atomic mass is 10.0. The Morgan fingerprint density at radius 1 is 1.06 bits per heavy atom. The highest BCUT2D eigenvalue weighted by Gasteiger charge is 2.32. The van der Waals surface area contributed by atoms with Gasteiger partial charge >= 0.3 is 6.18 Å². The van der Waals surface area contributed by atoms with E-state index < -0.39 is 11.7 Å². The Kier molecular flexibility index (Phi) is 4.76. The molecule has 0 aliphatic carbocycles. The second kappa shape index (κ2) is 7.63. The van der Waals surface area contributed by atoms with Crippen LogP contribution in [0.1, 0.15) is 16.8 Å². The third-order valence-corrected chi connectivity index (χ3v) is 5.36. The number of rotatable bonds is 5. The van der Waals surface area contributed by atoms with Crippen molar-refractivity contribution in [3.8, 4) is 22.4 Å². The molecular formula is C22H18F3N7. The van der Waals surface area contributed by atoms with Crippen molar-refractivity contribution in [1.82, 2.24) is 34.9 Å². The highest BCUT2D eigenvalue weighted by atomic mass is 19.4. The first-order chi connectivity index (χ1) is 15.4. The minimum atomic E-state index is -4.38. The van der Waals surface area contributed by atoms with Gasteiger partial charge in [0.05, 0.1) is 29.3 Å². The second-order valence-corrected chi connectivity index (χ2v) is 7.44. The number of alkyl halides is 3. The Hall–Kier alpha value is -3.95. The molecule has 10 heteroatoms. The lowest BCUT2D eigenvalue weighted by Gasteiger charge is -2.12. The van der Waals surface area contributed by atoms with Crippen molar-refractivity contribution < 1.29 is 13.2 Å². The van der Waals surface area contributed by atoms with E-state index in [4.69, 9.17) is 4.98 Å². The summed E-state index contributed by atoms with van der Waals surface area (Å²) < 4.78 is 41.3. The molecule has 0 saturated carbocycles. The van der Waals surface area contributed by atoms with Crippen molar-refractivity contribution in [2.45, 2.75) is 26.1 Å². The molecule has 4 aromatic heterocycles. The van der Waals surface area contributed by atoms with Crippen LogP contribution < -0.4 is 0 Å². The fraction of sp³-hybridized carbons (Fsp3) is 0.182. The van der Waals surface area contributed by atoms with E-state index in [9.17, 15) is 13.2 Å². The number of nitrogens with zero attached hydrogens (tertiary/aromatic N) is 5. The smallest absolute Gasteiger partial charge is 0.344 e. The van der Waals surface area contributed by atoms with E-state index >= 15 is 0 Å². The molecule has 5 aromatic rings. The van der Waals surface area contributed by atoms with E-state index in [1.54, 1.807) is 41.7 Å². The van der Waals surface area contributed by atoms with Crippen LogP contribution in [-0.2, 0) is 19.1 Å². The Morgan fingerprint density at radius 3 is 2.69 bits per heavy atom. The maximum atomic E-state index is 13.2. The summed E-state index contributed by atoms with van der Waals surface area (Å²) in [6.45, 7) is 2.21. The fourth-order valence-corrected chi connectivity index (χ4v) is 3.73. The van der Waals surface area contributed by atoms with Crippen LogP contribution in [-0.4, -0.2) is 34.9 Å². The first-order valence-corrected chi connectivity index (χ1v) is 9.93. The van der Waals surface area contributed by atoms with E-state index in [0.717, 1.165) is 28.5 Å². The van der Waals surface area contributed by atoms with Crippen molar-refractivity contribution in [2.75, 3.05) is 0 Å². The Balaban J connectivity index is 1.41.